The Morgan fingerprint density at radius 1 is 1.33 bits per heavy atom. The van der Waals surface area contributed by atoms with Crippen LogP contribution in [0.15, 0.2) is 24.3 Å². The molecule has 1 N–H and O–H groups in total. The zero-order valence-corrected chi connectivity index (χ0v) is 11.8. The number of benzene rings is 1. The van der Waals surface area contributed by atoms with Crippen molar-refractivity contribution in [3.05, 3.63) is 35.4 Å². The second-order valence-corrected chi connectivity index (χ2v) is 5.85. The Hall–Kier alpha value is -0.860. The van der Waals surface area contributed by atoms with Crippen molar-refractivity contribution in [1.29, 1.82) is 0 Å². The highest BCUT2D eigenvalue weighted by Crippen LogP contribution is 2.25. The molecule has 1 aromatic rings. The zero-order valence-electron chi connectivity index (χ0n) is 11.8. The molecule has 0 amide bonds. The third kappa shape index (κ3) is 3.12. The number of likely N-dealkylation sites (tertiary alicyclic amines) is 1. The van der Waals surface area contributed by atoms with Gasteiger partial charge in [-0.05, 0) is 50.3 Å². The van der Waals surface area contributed by atoms with Gasteiger partial charge in [0.05, 0.1) is 6.10 Å². The molecule has 1 saturated heterocycles. The molecule has 1 fully saturated rings. The highest BCUT2D eigenvalue weighted by molar-refractivity contribution is 5.27. The molecule has 1 aromatic carbocycles. The van der Waals surface area contributed by atoms with Crippen LogP contribution < -0.4 is 0 Å². The summed E-state index contributed by atoms with van der Waals surface area (Å²) in [5.74, 6) is 0.826. The number of aliphatic hydroxyl groups is 1. The first kappa shape index (κ1) is 13.6. The molecule has 1 aliphatic rings. The van der Waals surface area contributed by atoms with E-state index >= 15 is 0 Å². The molecule has 18 heavy (non-hydrogen) atoms. The van der Waals surface area contributed by atoms with Gasteiger partial charge in [-0.15, -0.1) is 0 Å². The molecule has 2 nitrogen and oxygen atoms in total. The molecule has 0 aromatic heterocycles. The summed E-state index contributed by atoms with van der Waals surface area (Å²) in [6.45, 7) is 8.55. The van der Waals surface area contributed by atoms with Crippen molar-refractivity contribution in [3.8, 4) is 0 Å². The highest BCUT2D eigenvalue weighted by Gasteiger charge is 2.25. The first-order chi connectivity index (χ1) is 8.58. The van der Waals surface area contributed by atoms with Gasteiger partial charge in [-0.25, -0.2) is 0 Å². The van der Waals surface area contributed by atoms with E-state index in [9.17, 15) is 5.11 Å². The van der Waals surface area contributed by atoms with Gasteiger partial charge < -0.3 is 5.11 Å². The van der Waals surface area contributed by atoms with Crippen LogP contribution in [0.25, 0.3) is 0 Å². The second kappa shape index (κ2) is 5.85. The molecule has 1 heterocycles. The second-order valence-electron chi connectivity index (χ2n) is 5.85. The van der Waals surface area contributed by atoms with E-state index in [-0.39, 0.29) is 6.10 Å². The maximum Gasteiger partial charge on any atom is 0.0919 e. The van der Waals surface area contributed by atoms with Crippen molar-refractivity contribution in [2.24, 2.45) is 5.92 Å². The normalized spacial score (nSPS) is 27.1. The number of rotatable bonds is 3. The van der Waals surface area contributed by atoms with Gasteiger partial charge in [0, 0.05) is 12.6 Å². The molecular weight excluding hydrogens is 222 g/mol. The van der Waals surface area contributed by atoms with E-state index in [1.165, 1.54) is 18.4 Å². The first-order valence-electron chi connectivity index (χ1n) is 7.05. The molecule has 3 atom stereocenters. The lowest BCUT2D eigenvalue weighted by Gasteiger charge is -2.37. The fourth-order valence-corrected chi connectivity index (χ4v) is 3.01. The summed E-state index contributed by atoms with van der Waals surface area (Å²) in [5.41, 5.74) is 2.26. The van der Waals surface area contributed by atoms with Crippen molar-refractivity contribution in [2.45, 2.75) is 45.8 Å². The smallest absolute Gasteiger partial charge is 0.0919 e. The van der Waals surface area contributed by atoms with Gasteiger partial charge >= 0.3 is 0 Å². The van der Waals surface area contributed by atoms with E-state index < -0.39 is 0 Å². The molecule has 1 aliphatic heterocycles. The van der Waals surface area contributed by atoms with Crippen LogP contribution in [0.2, 0.25) is 0 Å². The zero-order chi connectivity index (χ0) is 13.1. The summed E-state index contributed by atoms with van der Waals surface area (Å²) in [7, 11) is 0. The summed E-state index contributed by atoms with van der Waals surface area (Å²) >= 11 is 0. The molecule has 0 bridgehead atoms. The largest absolute Gasteiger partial charge is 0.387 e. The third-order valence-electron chi connectivity index (χ3n) is 4.23. The average Bonchev–Trinajstić information content (AvgIpc) is 2.33. The molecular formula is C16H25NO. The van der Waals surface area contributed by atoms with Crippen molar-refractivity contribution in [3.63, 3.8) is 0 Å². The molecule has 2 heteroatoms. The minimum absolute atomic E-state index is 0.359. The number of hydrogen-bond donors (Lipinski definition) is 1. The predicted molar refractivity (Wildman–Crippen MR) is 75.6 cm³/mol. The predicted octanol–water partition coefficient (Wildman–Crippen LogP) is 3.15. The Balaban J connectivity index is 1.99. The first-order valence-corrected chi connectivity index (χ1v) is 7.05. The van der Waals surface area contributed by atoms with Crippen molar-refractivity contribution in [1.82, 2.24) is 4.90 Å². The summed E-state index contributed by atoms with van der Waals surface area (Å²) < 4.78 is 0. The number of hydrogen-bond acceptors (Lipinski definition) is 2. The molecule has 0 spiro atoms. The number of piperidine rings is 1. The minimum Gasteiger partial charge on any atom is -0.387 e. The minimum atomic E-state index is -0.359. The molecule has 2 rings (SSSR count). The number of nitrogens with zero attached hydrogens (tertiary/aromatic N) is 1. The SMILES string of the molecule is Cc1ccccc1C(O)CN1CCC(C)CC1C. The van der Waals surface area contributed by atoms with Crippen LogP contribution in [0.3, 0.4) is 0 Å². The number of aryl methyl sites for hydroxylation is 1. The Morgan fingerprint density at radius 2 is 2.06 bits per heavy atom. The van der Waals surface area contributed by atoms with Crippen LogP contribution >= 0.6 is 0 Å². The van der Waals surface area contributed by atoms with Gasteiger partial charge in [-0.2, -0.15) is 0 Å². The lowest BCUT2D eigenvalue weighted by molar-refractivity contribution is 0.0598. The summed E-state index contributed by atoms with van der Waals surface area (Å²) in [6.07, 6.45) is 2.15. The van der Waals surface area contributed by atoms with Gasteiger partial charge in [0.2, 0.25) is 0 Å². The topological polar surface area (TPSA) is 23.5 Å². The average molecular weight is 247 g/mol. The fraction of sp³-hybridized carbons (Fsp3) is 0.625. The quantitative estimate of drug-likeness (QED) is 0.887. The van der Waals surface area contributed by atoms with Crippen LogP contribution in [-0.2, 0) is 0 Å². The lowest BCUT2D eigenvalue weighted by Crippen LogP contribution is -2.42. The third-order valence-corrected chi connectivity index (χ3v) is 4.23. The Bertz CT molecular complexity index is 390. The van der Waals surface area contributed by atoms with Gasteiger partial charge in [0.25, 0.3) is 0 Å². The Morgan fingerprint density at radius 3 is 2.72 bits per heavy atom. The van der Waals surface area contributed by atoms with Gasteiger partial charge in [-0.1, -0.05) is 31.2 Å². The van der Waals surface area contributed by atoms with E-state index in [1.807, 2.05) is 18.2 Å². The van der Waals surface area contributed by atoms with Gasteiger partial charge in [-0.3, -0.25) is 4.90 Å². The molecule has 100 valence electrons. The van der Waals surface area contributed by atoms with Crippen LogP contribution in [0, 0.1) is 12.8 Å². The molecule has 0 aliphatic carbocycles. The lowest BCUT2D eigenvalue weighted by atomic mass is 9.92. The van der Waals surface area contributed by atoms with Crippen molar-refractivity contribution >= 4 is 0 Å². The van der Waals surface area contributed by atoms with Crippen LogP contribution in [0.4, 0.5) is 0 Å². The van der Waals surface area contributed by atoms with E-state index in [0.717, 1.165) is 24.6 Å². The van der Waals surface area contributed by atoms with E-state index in [1.54, 1.807) is 0 Å². The summed E-state index contributed by atoms with van der Waals surface area (Å²) in [6, 6.07) is 8.73. The number of β-amino-alcohol motifs (C(OH)–C–C–N with tert-alkyl or cyclic N) is 1. The molecule has 3 unspecified atom stereocenters. The summed E-state index contributed by atoms with van der Waals surface area (Å²) in [4.78, 5) is 2.43. The van der Waals surface area contributed by atoms with Gasteiger partial charge in [0.1, 0.15) is 0 Å². The molecule has 0 radical (unpaired) electrons. The van der Waals surface area contributed by atoms with Crippen LogP contribution in [0.1, 0.15) is 43.9 Å². The van der Waals surface area contributed by atoms with Crippen molar-refractivity contribution < 1.29 is 5.11 Å². The molecule has 0 saturated carbocycles. The van der Waals surface area contributed by atoms with Gasteiger partial charge in [0.15, 0.2) is 0 Å². The standard InChI is InChI=1S/C16H25NO/c1-12-8-9-17(14(3)10-12)11-16(18)15-7-5-4-6-13(15)2/h4-7,12,14,16,18H,8-11H2,1-3H3. The van der Waals surface area contributed by atoms with E-state index in [4.69, 9.17) is 0 Å². The summed E-state index contributed by atoms with van der Waals surface area (Å²) in [5, 5.41) is 10.4. The van der Waals surface area contributed by atoms with E-state index in [0.29, 0.717) is 6.04 Å². The fourth-order valence-electron chi connectivity index (χ4n) is 3.01. The highest BCUT2D eigenvalue weighted by atomic mass is 16.3. The maximum atomic E-state index is 10.4. The number of aliphatic hydroxyl groups excluding tert-OH is 1. The Labute approximate surface area is 111 Å². The van der Waals surface area contributed by atoms with E-state index in [2.05, 4.69) is 31.7 Å². The van der Waals surface area contributed by atoms with Crippen LogP contribution in [-0.4, -0.2) is 29.1 Å². The maximum absolute atomic E-state index is 10.4. The van der Waals surface area contributed by atoms with Crippen molar-refractivity contribution in [2.75, 3.05) is 13.1 Å². The van der Waals surface area contributed by atoms with Crippen LogP contribution in [0.5, 0.6) is 0 Å². The monoisotopic (exact) mass is 247 g/mol. The Kier molecular flexibility index (Phi) is 4.41.